The average Bonchev–Trinajstić information content (AvgIpc) is 3.31. The average molecular weight is 551 g/mol. The Hall–Kier alpha value is -3.63. The number of fused-ring (bicyclic) bond motifs is 1. The van der Waals surface area contributed by atoms with Crippen LogP contribution in [0, 0.1) is 0 Å². The summed E-state index contributed by atoms with van der Waals surface area (Å²) in [4.78, 5) is 46.2. The van der Waals surface area contributed by atoms with Gasteiger partial charge in [0.15, 0.2) is 0 Å². The van der Waals surface area contributed by atoms with Gasteiger partial charge in [-0.2, -0.15) is 0 Å². The molecule has 10 heteroatoms. The zero-order chi connectivity index (χ0) is 28.1. The highest BCUT2D eigenvalue weighted by atomic mass is 16.7. The first kappa shape index (κ1) is 27.9. The number of phenols is 1. The van der Waals surface area contributed by atoms with E-state index in [1.807, 2.05) is 23.1 Å². The Labute approximate surface area is 234 Å². The van der Waals surface area contributed by atoms with Crippen molar-refractivity contribution in [2.24, 2.45) is 0 Å². The quantitative estimate of drug-likeness (QED) is 0.522. The van der Waals surface area contributed by atoms with E-state index in [4.69, 9.17) is 9.57 Å². The summed E-state index contributed by atoms with van der Waals surface area (Å²) in [5, 5.41) is 18.1. The number of nitrogens with zero attached hydrogens (tertiary/aromatic N) is 2. The molecular weight excluding hydrogens is 512 g/mol. The van der Waals surface area contributed by atoms with Gasteiger partial charge in [-0.1, -0.05) is 18.2 Å². The molecule has 2 aromatic rings. The van der Waals surface area contributed by atoms with Gasteiger partial charge in [0.2, 0.25) is 11.8 Å². The third-order valence-corrected chi connectivity index (χ3v) is 7.76. The fraction of sp³-hybridized carbons (Fsp3) is 0.500. The molecule has 0 aliphatic carbocycles. The Morgan fingerprint density at radius 3 is 2.45 bits per heavy atom. The number of rotatable bonds is 2. The van der Waals surface area contributed by atoms with Gasteiger partial charge >= 0.3 is 5.97 Å². The number of hydroxylamine groups is 2. The van der Waals surface area contributed by atoms with Crippen molar-refractivity contribution >= 4 is 17.8 Å². The molecule has 0 aromatic heterocycles. The smallest absolute Gasteiger partial charge is 0.322 e. The lowest BCUT2D eigenvalue weighted by Crippen LogP contribution is -2.39. The fourth-order valence-electron chi connectivity index (χ4n) is 5.79. The molecule has 2 amide bonds. The molecule has 0 radical (unpaired) electrons. The second-order valence-corrected chi connectivity index (χ2v) is 10.7. The van der Waals surface area contributed by atoms with Crippen LogP contribution in [0.4, 0.5) is 0 Å². The lowest BCUT2D eigenvalue weighted by Gasteiger charge is -2.29. The monoisotopic (exact) mass is 550 g/mol. The summed E-state index contributed by atoms with van der Waals surface area (Å²) in [5.74, 6) is -0.163. The highest BCUT2D eigenvalue weighted by molar-refractivity contribution is 5.87. The normalized spacial score (nSPS) is 24.7. The minimum atomic E-state index is -0.560. The molecule has 2 aromatic carbocycles. The van der Waals surface area contributed by atoms with E-state index in [0.717, 1.165) is 36.0 Å². The number of hydrogen-bond acceptors (Lipinski definition) is 8. The van der Waals surface area contributed by atoms with E-state index in [-0.39, 0.29) is 36.0 Å². The van der Waals surface area contributed by atoms with E-state index in [9.17, 15) is 19.5 Å². The molecule has 3 N–H and O–H groups in total. The van der Waals surface area contributed by atoms with E-state index in [0.29, 0.717) is 51.4 Å². The largest absolute Gasteiger partial charge is 0.508 e. The van der Waals surface area contributed by atoms with Gasteiger partial charge in [-0.3, -0.25) is 14.4 Å². The zero-order valence-corrected chi connectivity index (χ0v) is 22.9. The number of nitrogens with one attached hydrogen (secondary N) is 2. The molecule has 214 valence electrons. The maximum atomic E-state index is 14.3. The number of benzene rings is 2. The number of amides is 2. The Bertz CT molecular complexity index is 1220. The van der Waals surface area contributed by atoms with E-state index in [1.165, 1.54) is 6.92 Å². The van der Waals surface area contributed by atoms with Gasteiger partial charge in [-0.15, -0.1) is 5.06 Å². The van der Waals surface area contributed by atoms with Crippen LogP contribution in [0.1, 0.15) is 73.8 Å². The van der Waals surface area contributed by atoms with Crippen molar-refractivity contribution in [2.75, 3.05) is 39.3 Å². The molecule has 0 fully saturated rings. The molecule has 3 aliphatic heterocycles. The van der Waals surface area contributed by atoms with E-state index >= 15 is 0 Å². The van der Waals surface area contributed by atoms with Crippen LogP contribution in [-0.2, 0) is 19.2 Å². The minimum Gasteiger partial charge on any atom is -0.508 e. The second kappa shape index (κ2) is 12.7. The molecular formula is C30H38N4O6. The van der Waals surface area contributed by atoms with Crippen LogP contribution in [0.25, 0.3) is 0 Å². The summed E-state index contributed by atoms with van der Waals surface area (Å²) < 4.78 is 6.41. The van der Waals surface area contributed by atoms with Crippen molar-refractivity contribution in [1.29, 1.82) is 0 Å². The van der Waals surface area contributed by atoms with Crippen LogP contribution >= 0.6 is 0 Å². The van der Waals surface area contributed by atoms with Crippen LogP contribution < -0.4 is 15.4 Å². The zero-order valence-electron chi connectivity index (χ0n) is 22.9. The third kappa shape index (κ3) is 6.56. The van der Waals surface area contributed by atoms with Crippen molar-refractivity contribution < 1.29 is 29.1 Å². The highest BCUT2D eigenvalue weighted by Crippen LogP contribution is 2.48. The Morgan fingerprint density at radius 2 is 1.65 bits per heavy atom. The van der Waals surface area contributed by atoms with E-state index < -0.39 is 12.0 Å². The van der Waals surface area contributed by atoms with Crippen LogP contribution in [0.15, 0.2) is 42.5 Å². The van der Waals surface area contributed by atoms with Crippen LogP contribution in [0.3, 0.4) is 0 Å². The van der Waals surface area contributed by atoms with Gasteiger partial charge in [-0.05, 0) is 67.6 Å². The number of hydrogen-bond donors (Lipinski definition) is 3. The first-order valence-corrected chi connectivity index (χ1v) is 14.2. The molecule has 40 heavy (non-hydrogen) atoms. The lowest BCUT2D eigenvalue weighted by atomic mass is 9.87. The topological polar surface area (TPSA) is 120 Å². The Balaban J connectivity index is 1.54. The molecule has 4 bridgehead atoms. The highest BCUT2D eigenvalue weighted by Gasteiger charge is 2.43. The van der Waals surface area contributed by atoms with Crippen molar-refractivity contribution in [3.8, 4) is 11.5 Å². The Kier molecular flexibility index (Phi) is 8.86. The van der Waals surface area contributed by atoms with Crippen molar-refractivity contribution in [1.82, 2.24) is 20.6 Å². The molecule has 0 saturated carbocycles. The molecule has 0 spiro atoms. The second-order valence-electron chi connectivity index (χ2n) is 10.7. The fourth-order valence-corrected chi connectivity index (χ4v) is 5.79. The summed E-state index contributed by atoms with van der Waals surface area (Å²) in [6.45, 7) is 4.70. The standard InChI is InChI=1S/C30H38N4O6/c1-20(35)40-34-16-3-2-14-33-15-4-13-32-27(37)19-25(31-12-5-17-34)22-8-11-26-24(18-22)28(30(33)38)29(39-26)21-6-9-23(36)10-7-21/h6-11,18,25,28-29,31,36H,2-5,12-17,19H2,1H3,(H,32,37). The first-order valence-electron chi connectivity index (χ1n) is 14.2. The summed E-state index contributed by atoms with van der Waals surface area (Å²) in [5.41, 5.74) is 2.55. The molecule has 0 saturated heterocycles. The van der Waals surface area contributed by atoms with Gasteiger partial charge < -0.3 is 30.2 Å². The molecule has 3 unspecified atom stereocenters. The summed E-state index contributed by atoms with van der Waals surface area (Å²) in [6, 6.07) is 12.4. The van der Waals surface area contributed by atoms with Crippen molar-refractivity contribution in [3.05, 3.63) is 59.2 Å². The van der Waals surface area contributed by atoms with Gasteiger partial charge in [0, 0.05) is 57.7 Å². The summed E-state index contributed by atoms with van der Waals surface area (Å²) in [6.07, 6.45) is 2.59. The predicted octanol–water partition coefficient (Wildman–Crippen LogP) is 2.94. The number of ether oxygens (including phenoxy) is 1. The van der Waals surface area contributed by atoms with Crippen molar-refractivity contribution in [2.45, 2.75) is 57.1 Å². The predicted molar refractivity (Wildman–Crippen MR) is 147 cm³/mol. The lowest BCUT2D eigenvalue weighted by molar-refractivity contribution is -0.188. The maximum absolute atomic E-state index is 14.3. The molecule has 3 heterocycles. The number of carbonyl (C=O) groups is 3. The Morgan fingerprint density at radius 1 is 0.950 bits per heavy atom. The van der Waals surface area contributed by atoms with E-state index in [1.54, 1.807) is 29.3 Å². The number of aromatic hydroxyl groups is 1. The molecule has 3 atom stereocenters. The number of phenolic OH excluding ortho intramolecular Hbond substituents is 1. The maximum Gasteiger partial charge on any atom is 0.322 e. The van der Waals surface area contributed by atoms with Crippen LogP contribution in [-0.4, -0.2) is 72.1 Å². The van der Waals surface area contributed by atoms with Crippen LogP contribution in [0.5, 0.6) is 11.5 Å². The van der Waals surface area contributed by atoms with Crippen LogP contribution in [0.2, 0.25) is 0 Å². The van der Waals surface area contributed by atoms with E-state index in [2.05, 4.69) is 10.6 Å². The molecule has 5 rings (SSSR count). The summed E-state index contributed by atoms with van der Waals surface area (Å²) >= 11 is 0. The summed E-state index contributed by atoms with van der Waals surface area (Å²) in [7, 11) is 0. The van der Waals surface area contributed by atoms with Gasteiger partial charge in [0.05, 0.1) is 0 Å². The van der Waals surface area contributed by atoms with Crippen molar-refractivity contribution in [3.63, 3.8) is 0 Å². The molecule has 3 aliphatic rings. The third-order valence-electron chi connectivity index (χ3n) is 7.76. The van der Waals surface area contributed by atoms with Gasteiger partial charge in [0.25, 0.3) is 0 Å². The minimum absolute atomic E-state index is 0.0204. The first-order chi connectivity index (χ1) is 19.4. The number of carbonyl (C=O) groups excluding carboxylic acids is 3. The SMILES string of the molecule is CC(=O)ON1CCCCN2CCCNC(=O)CC(NCCC1)c1ccc3c(c1)C(C2=O)C(c1ccc(O)cc1)O3. The van der Waals surface area contributed by atoms with Gasteiger partial charge in [-0.25, -0.2) is 0 Å². The molecule has 10 nitrogen and oxygen atoms in total. The van der Waals surface area contributed by atoms with Gasteiger partial charge in [0.1, 0.15) is 23.5 Å².